The van der Waals surface area contributed by atoms with Crippen LogP contribution in [-0.2, 0) is 23.0 Å². The lowest BCUT2D eigenvalue weighted by Crippen LogP contribution is -2.29. The van der Waals surface area contributed by atoms with Gasteiger partial charge in [0.2, 0.25) is 10.0 Å². The summed E-state index contributed by atoms with van der Waals surface area (Å²) in [7, 11) is -3.70. The zero-order valence-electron chi connectivity index (χ0n) is 17.7. The third-order valence-corrected chi connectivity index (χ3v) is 6.72. The second-order valence-electron chi connectivity index (χ2n) is 7.25. The Bertz CT molecular complexity index is 1290. The lowest BCUT2D eigenvalue weighted by atomic mass is 10.2. The molecule has 0 saturated carbocycles. The van der Waals surface area contributed by atoms with Gasteiger partial charge in [0.1, 0.15) is 5.75 Å². The molecule has 8 nitrogen and oxygen atoms in total. The molecule has 0 aliphatic carbocycles. The maximum Gasteiger partial charge on any atom is 0.322 e. The van der Waals surface area contributed by atoms with Crippen molar-refractivity contribution < 1.29 is 13.2 Å². The summed E-state index contributed by atoms with van der Waals surface area (Å²) in [6, 6.07) is 14.3. The van der Waals surface area contributed by atoms with Crippen LogP contribution in [0.5, 0.6) is 11.8 Å². The van der Waals surface area contributed by atoms with Crippen molar-refractivity contribution in [3.8, 4) is 11.8 Å². The van der Waals surface area contributed by atoms with Gasteiger partial charge in [-0.05, 0) is 61.5 Å². The summed E-state index contributed by atoms with van der Waals surface area (Å²) in [5, 5.41) is 9.42. The molecule has 4 rings (SSSR count). The largest absolute Gasteiger partial charge is 0.424 e. The van der Waals surface area contributed by atoms with E-state index in [0.717, 1.165) is 22.9 Å². The Morgan fingerprint density at radius 3 is 2.58 bits per heavy atom. The van der Waals surface area contributed by atoms with Gasteiger partial charge in [0.25, 0.3) is 0 Å². The Morgan fingerprint density at radius 2 is 1.87 bits per heavy atom. The first kappa shape index (κ1) is 21.1. The van der Waals surface area contributed by atoms with Crippen LogP contribution in [0.4, 0.5) is 0 Å². The van der Waals surface area contributed by atoms with Gasteiger partial charge < -0.3 is 9.72 Å². The van der Waals surface area contributed by atoms with Gasteiger partial charge in [-0.1, -0.05) is 24.2 Å². The first-order valence-electron chi connectivity index (χ1n) is 10.2. The molecular weight excluding hydrogens is 414 g/mol. The summed E-state index contributed by atoms with van der Waals surface area (Å²) in [5.41, 5.74) is 2.03. The summed E-state index contributed by atoms with van der Waals surface area (Å²) in [4.78, 5) is 3.36. The van der Waals surface area contributed by atoms with Crippen molar-refractivity contribution in [1.29, 1.82) is 0 Å². The van der Waals surface area contributed by atoms with Gasteiger partial charge in [-0.25, -0.2) is 13.1 Å². The SMILES string of the molecule is CCc1ccc(S(=O)(=O)N[C@H](C)c2nnc(Oc3ccc4cc[nH]c4c3)n2CC)cc1. The van der Waals surface area contributed by atoms with Crippen molar-refractivity contribution in [3.63, 3.8) is 0 Å². The van der Waals surface area contributed by atoms with Crippen LogP contribution in [0.2, 0.25) is 0 Å². The fourth-order valence-corrected chi connectivity index (χ4v) is 4.65. The highest BCUT2D eigenvalue weighted by Gasteiger charge is 2.24. The van der Waals surface area contributed by atoms with Crippen molar-refractivity contribution in [1.82, 2.24) is 24.5 Å². The molecule has 0 amide bonds. The number of aromatic nitrogens is 4. The predicted octanol–water partition coefficient (Wildman–Crippen LogP) is 4.17. The van der Waals surface area contributed by atoms with E-state index in [1.165, 1.54) is 0 Å². The van der Waals surface area contributed by atoms with E-state index in [2.05, 4.69) is 19.9 Å². The molecule has 0 bridgehead atoms. The van der Waals surface area contributed by atoms with E-state index in [-0.39, 0.29) is 4.90 Å². The normalized spacial score (nSPS) is 12.9. The first-order valence-corrected chi connectivity index (χ1v) is 11.7. The van der Waals surface area contributed by atoms with Crippen molar-refractivity contribution in [2.45, 2.75) is 44.7 Å². The molecule has 0 aliphatic heterocycles. The number of aromatic amines is 1. The number of ether oxygens (including phenoxy) is 1. The van der Waals surface area contributed by atoms with E-state index in [1.807, 2.05) is 56.4 Å². The lowest BCUT2D eigenvalue weighted by Gasteiger charge is -2.15. The van der Waals surface area contributed by atoms with Crippen LogP contribution in [0.3, 0.4) is 0 Å². The molecule has 0 saturated heterocycles. The maximum absolute atomic E-state index is 12.8. The van der Waals surface area contributed by atoms with Crippen molar-refractivity contribution >= 4 is 20.9 Å². The molecule has 0 aliphatic rings. The number of H-pyrrole nitrogens is 1. The first-order chi connectivity index (χ1) is 14.9. The summed E-state index contributed by atoms with van der Waals surface area (Å²) < 4.78 is 36.0. The molecule has 162 valence electrons. The molecule has 9 heteroatoms. The van der Waals surface area contributed by atoms with E-state index in [1.54, 1.807) is 23.6 Å². The van der Waals surface area contributed by atoms with Crippen molar-refractivity contribution in [2.75, 3.05) is 0 Å². The Labute approximate surface area is 181 Å². The fourth-order valence-electron chi connectivity index (χ4n) is 3.45. The van der Waals surface area contributed by atoms with E-state index in [4.69, 9.17) is 4.74 Å². The summed E-state index contributed by atoms with van der Waals surface area (Å²) in [5.74, 6) is 1.10. The topological polar surface area (TPSA) is 102 Å². The Kier molecular flexibility index (Phi) is 5.79. The Hall–Kier alpha value is -3.17. The number of sulfonamides is 1. The molecule has 0 fully saturated rings. The third-order valence-electron chi connectivity index (χ3n) is 5.16. The third kappa shape index (κ3) is 4.33. The average Bonchev–Trinajstić information content (AvgIpc) is 3.39. The number of benzene rings is 2. The monoisotopic (exact) mass is 439 g/mol. The van der Waals surface area contributed by atoms with Gasteiger partial charge in [-0.15, -0.1) is 5.10 Å². The fraction of sp³-hybridized carbons (Fsp3) is 0.273. The predicted molar refractivity (Wildman–Crippen MR) is 119 cm³/mol. The highest BCUT2D eigenvalue weighted by atomic mass is 32.2. The number of nitrogens with one attached hydrogen (secondary N) is 2. The molecule has 1 atom stereocenters. The average molecular weight is 440 g/mol. The highest BCUT2D eigenvalue weighted by Crippen LogP contribution is 2.26. The van der Waals surface area contributed by atoms with E-state index in [0.29, 0.717) is 24.1 Å². The molecule has 2 N–H and O–H groups in total. The van der Waals surface area contributed by atoms with E-state index in [9.17, 15) is 8.42 Å². The minimum atomic E-state index is -3.70. The number of fused-ring (bicyclic) bond motifs is 1. The number of nitrogens with zero attached hydrogens (tertiary/aromatic N) is 3. The van der Waals surface area contributed by atoms with Gasteiger partial charge in [-0.3, -0.25) is 4.57 Å². The summed E-state index contributed by atoms with van der Waals surface area (Å²) in [6.07, 6.45) is 2.72. The van der Waals surface area contributed by atoms with Crippen molar-refractivity contribution in [2.24, 2.45) is 0 Å². The number of hydrogen-bond donors (Lipinski definition) is 2. The minimum Gasteiger partial charge on any atom is -0.424 e. The number of rotatable bonds is 8. The van der Waals surface area contributed by atoms with E-state index >= 15 is 0 Å². The van der Waals surface area contributed by atoms with E-state index < -0.39 is 16.1 Å². The molecular formula is C22H25N5O3S. The van der Waals surface area contributed by atoms with Crippen LogP contribution in [0.15, 0.2) is 59.6 Å². The Morgan fingerprint density at radius 1 is 1.10 bits per heavy atom. The summed E-state index contributed by atoms with van der Waals surface area (Å²) >= 11 is 0. The van der Waals surface area contributed by atoms with Crippen LogP contribution in [0, 0.1) is 0 Å². The molecule has 2 aromatic heterocycles. The standard InChI is InChI=1S/C22H25N5O3S/c1-4-16-6-10-19(11-7-16)31(28,29)26-15(3)21-24-25-22(27(21)5-2)30-18-9-8-17-12-13-23-20(17)14-18/h6-15,23,26H,4-5H2,1-3H3/t15-/m1/s1. The quantitative estimate of drug-likeness (QED) is 0.429. The number of hydrogen-bond acceptors (Lipinski definition) is 5. The molecule has 2 aromatic carbocycles. The van der Waals surface area contributed by atoms with Crippen LogP contribution in [-0.4, -0.2) is 28.2 Å². The minimum absolute atomic E-state index is 0.217. The van der Waals surface area contributed by atoms with Gasteiger partial charge in [0.05, 0.1) is 10.9 Å². The molecule has 4 aromatic rings. The van der Waals surface area contributed by atoms with Gasteiger partial charge in [0.15, 0.2) is 5.82 Å². The second-order valence-corrected chi connectivity index (χ2v) is 8.97. The molecule has 0 radical (unpaired) electrons. The zero-order chi connectivity index (χ0) is 22.0. The highest BCUT2D eigenvalue weighted by molar-refractivity contribution is 7.89. The molecule has 0 spiro atoms. The van der Waals surface area contributed by atoms with Gasteiger partial charge in [0, 0.05) is 24.3 Å². The summed E-state index contributed by atoms with van der Waals surface area (Å²) in [6.45, 7) is 6.22. The number of aryl methyl sites for hydroxylation is 1. The smallest absolute Gasteiger partial charge is 0.322 e. The lowest BCUT2D eigenvalue weighted by molar-refractivity contribution is 0.408. The van der Waals surface area contributed by atoms with Crippen LogP contribution < -0.4 is 9.46 Å². The van der Waals surface area contributed by atoms with Gasteiger partial charge in [-0.2, -0.15) is 0 Å². The molecule has 31 heavy (non-hydrogen) atoms. The van der Waals surface area contributed by atoms with Crippen LogP contribution in [0.25, 0.3) is 10.9 Å². The molecule has 2 heterocycles. The van der Waals surface area contributed by atoms with Crippen LogP contribution in [0.1, 0.15) is 38.2 Å². The molecule has 0 unspecified atom stereocenters. The second kappa shape index (κ2) is 8.52. The van der Waals surface area contributed by atoms with Crippen LogP contribution >= 0.6 is 0 Å². The zero-order valence-corrected chi connectivity index (χ0v) is 18.5. The van der Waals surface area contributed by atoms with Crippen molar-refractivity contribution in [3.05, 3.63) is 66.1 Å². The maximum atomic E-state index is 12.8. The van der Waals surface area contributed by atoms with Gasteiger partial charge >= 0.3 is 6.01 Å². The Balaban J connectivity index is 1.55.